The first-order valence-electron chi connectivity index (χ1n) is 6.25. The first kappa shape index (κ1) is 14.1. The Bertz CT molecular complexity index is 900. The van der Waals surface area contributed by atoms with Crippen molar-refractivity contribution in [3.05, 3.63) is 59.7 Å². The van der Waals surface area contributed by atoms with Crippen LogP contribution in [0.25, 0.3) is 0 Å². The Balaban J connectivity index is 2.21. The molecule has 2 aromatic rings. The van der Waals surface area contributed by atoms with E-state index in [-0.39, 0.29) is 16.3 Å². The summed E-state index contributed by atoms with van der Waals surface area (Å²) in [6.07, 6.45) is 0. The molecule has 21 heavy (non-hydrogen) atoms. The van der Waals surface area contributed by atoms with E-state index in [0.717, 1.165) is 5.56 Å². The van der Waals surface area contributed by atoms with Crippen molar-refractivity contribution >= 4 is 25.7 Å². The lowest BCUT2D eigenvalue weighted by atomic mass is 10.2. The Kier molecular flexibility index (Phi) is 3.07. The molecule has 0 atom stereocenters. The summed E-state index contributed by atoms with van der Waals surface area (Å²) in [6, 6.07) is 12.6. The minimum absolute atomic E-state index is 0.0339. The van der Waals surface area contributed by atoms with Gasteiger partial charge in [-0.15, -0.1) is 0 Å². The van der Waals surface area contributed by atoms with E-state index in [1.54, 1.807) is 30.3 Å². The van der Waals surface area contributed by atoms with Gasteiger partial charge in [-0.1, -0.05) is 35.9 Å². The van der Waals surface area contributed by atoms with Crippen LogP contribution in [0.2, 0.25) is 0 Å². The molecule has 110 valence electrons. The minimum Gasteiger partial charge on any atom is -0.205 e. The predicted molar refractivity (Wildman–Crippen MR) is 79.9 cm³/mol. The van der Waals surface area contributed by atoms with Gasteiger partial charge in [0.2, 0.25) is 0 Å². The van der Waals surface area contributed by atoms with Gasteiger partial charge in [-0.05, 0) is 30.7 Å². The Morgan fingerprint density at radius 2 is 1.62 bits per heavy atom. The summed E-state index contributed by atoms with van der Waals surface area (Å²) in [4.78, 5) is -0.0339. The number of hydrogen-bond donors (Lipinski definition) is 0. The molecule has 2 aromatic carbocycles. The Labute approximate surface area is 123 Å². The number of rotatable bonds is 2. The third kappa shape index (κ3) is 2.22. The molecule has 1 heterocycles. The predicted octanol–water partition coefficient (Wildman–Crippen LogP) is 2.03. The van der Waals surface area contributed by atoms with Gasteiger partial charge < -0.3 is 0 Å². The second-order valence-electron chi connectivity index (χ2n) is 4.90. The van der Waals surface area contributed by atoms with Crippen LogP contribution in [0.1, 0.15) is 11.1 Å². The largest absolute Gasteiger partial charge is 0.277 e. The second-order valence-corrected chi connectivity index (χ2v) is 8.74. The van der Waals surface area contributed by atoms with Crippen molar-refractivity contribution in [1.82, 2.24) is 0 Å². The van der Waals surface area contributed by atoms with Gasteiger partial charge in [0, 0.05) is 0 Å². The molecule has 1 aliphatic heterocycles. The van der Waals surface area contributed by atoms with Gasteiger partial charge >= 0.3 is 0 Å². The average Bonchev–Trinajstić information content (AvgIpc) is 2.69. The van der Waals surface area contributed by atoms with Gasteiger partial charge in [-0.3, -0.25) is 0 Å². The number of aryl methyl sites for hydroxylation is 1. The van der Waals surface area contributed by atoms with Crippen molar-refractivity contribution in [2.45, 2.75) is 17.6 Å². The first-order valence-corrected chi connectivity index (χ1v) is 9.30. The summed E-state index contributed by atoms with van der Waals surface area (Å²) in [5.74, 6) is -0.297. The summed E-state index contributed by atoms with van der Waals surface area (Å²) in [5.41, 5.74) is 1.60. The molecule has 0 aromatic heterocycles. The summed E-state index contributed by atoms with van der Waals surface area (Å²) < 4.78 is 50.4. The van der Waals surface area contributed by atoms with E-state index >= 15 is 0 Å². The molecule has 1 aliphatic rings. The first-order chi connectivity index (χ1) is 9.82. The molecule has 0 amide bonds. The fraction of sp³-hybridized carbons (Fsp3) is 0.143. The topological polar surface area (TPSA) is 71.5 Å². The van der Waals surface area contributed by atoms with Crippen molar-refractivity contribution < 1.29 is 16.8 Å². The molecule has 0 aliphatic carbocycles. The standard InChI is InChI=1S/C14H13NO4S2/c1-11-6-8-13(9-7-11)21(18,19)15-14-5-3-2-4-12(14)10-20(15,16)17/h2-9H,10H2,1H3. The van der Waals surface area contributed by atoms with Gasteiger partial charge in [0.05, 0.1) is 16.3 Å². The molecule has 0 bridgehead atoms. The zero-order chi connectivity index (χ0) is 15.3. The molecule has 0 saturated heterocycles. The monoisotopic (exact) mass is 323 g/mol. The van der Waals surface area contributed by atoms with Crippen LogP contribution in [-0.4, -0.2) is 16.8 Å². The lowest BCUT2D eigenvalue weighted by Crippen LogP contribution is -2.33. The van der Waals surface area contributed by atoms with Crippen molar-refractivity contribution in [2.75, 3.05) is 3.71 Å². The summed E-state index contributed by atoms with van der Waals surface area (Å²) in [5, 5.41) is 0. The van der Waals surface area contributed by atoms with Gasteiger partial charge in [0.1, 0.15) is 0 Å². The molecule has 3 rings (SSSR count). The highest BCUT2D eigenvalue weighted by molar-refractivity contribution is 8.10. The Hall–Kier alpha value is -1.86. The summed E-state index contributed by atoms with van der Waals surface area (Å²) in [6.45, 7) is 1.83. The van der Waals surface area contributed by atoms with E-state index in [2.05, 4.69) is 0 Å². The number of benzene rings is 2. The normalized spacial score (nSPS) is 16.7. The zero-order valence-corrected chi connectivity index (χ0v) is 12.9. The maximum atomic E-state index is 12.7. The summed E-state index contributed by atoms with van der Waals surface area (Å²) in [7, 11) is -8.05. The number of nitrogens with zero attached hydrogens (tertiary/aromatic N) is 1. The smallest absolute Gasteiger partial charge is 0.205 e. The Morgan fingerprint density at radius 3 is 2.29 bits per heavy atom. The van der Waals surface area contributed by atoms with Crippen LogP contribution < -0.4 is 3.71 Å². The van der Waals surface area contributed by atoms with Crippen molar-refractivity contribution in [2.24, 2.45) is 0 Å². The van der Waals surface area contributed by atoms with E-state index < -0.39 is 20.0 Å². The lowest BCUT2D eigenvalue weighted by Gasteiger charge is -2.18. The van der Waals surface area contributed by atoms with Crippen LogP contribution in [0.4, 0.5) is 5.69 Å². The summed E-state index contributed by atoms with van der Waals surface area (Å²) >= 11 is 0. The fourth-order valence-corrected chi connectivity index (χ4v) is 6.25. The van der Waals surface area contributed by atoms with Gasteiger partial charge in [-0.2, -0.15) is 3.71 Å². The molecule has 5 nitrogen and oxygen atoms in total. The molecule has 0 saturated carbocycles. The molecule has 0 spiro atoms. The number of fused-ring (bicyclic) bond motifs is 1. The van der Waals surface area contributed by atoms with Crippen LogP contribution in [0.3, 0.4) is 0 Å². The van der Waals surface area contributed by atoms with Crippen molar-refractivity contribution in [3.63, 3.8) is 0 Å². The van der Waals surface area contributed by atoms with Crippen LogP contribution in [0.5, 0.6) is 0 Å². The molecule has 7 heteroatoms. The molecule has 0 unspecified atom stereocenters. The van der Waals surface area contributed by atoms with Gasteiger partial charge in [0.25, 0.3) is 20.0 Å². The quantitative estimate of drug-likeness (QED) is 0.848. The van der Waals surface area contributed by atoms with Crippen molar-refractivity contribution in [1.29, 1.82) is 0 Å². The van der Waals surface area contributed by atoms with Gasteiger partial charge in [-0.25, -0.2) is 16.8 Å². The van der Waals surface area contributed by atoms with Crippen LogP contribution in [-0.2, 0) is 25.8 Å². The van der Waals surface area contributed by atoms with Crippen LogP contribution >= 0.6 is 0 Å². The highest BCUT2D eigenvalue weighted by Gasteiger charge is 2.42. The van der Waals surface area contributed by atoms with Crippen molar-refractivity contribution in [3.8, 4) is 0 Å². The SMILES string of the molecule is Cc1ccc(S(=O)(=O)N2c3ccccc3CS2(=O)=O)cc1. The van der Waals surface area contributed by atoms with Gasteiger partial charge in [0.15, 0.2) is 0 Å². The Morgan fingerprint density at radius 1 is 1.00 bits per heavy atom. The van der Waals surface area contributed by atoms with Crippen LogP contribution in [0, 0.1) is 6.92 Å². The second kappa shape index (κ2) is 4.57. The third-order valence-electron chi connectivity index (χ3n) is 3.32. The molecule has 0 radical (unpaired) electrons. The maximum Gasteiger partial charge on any atom is 0.277 e. The highest BCUT2D eigenvalue weighted by Crippen LogP contribution is 2.37. The number of hydrogen-bond acceptors (Lipinski definition) is 4. The maximum absolute atomic E-state index is 12.7. The lowest BCUT2D eigenvalue weighted by molar-refractivity contribution is 0.586. The number of para-hydroxylation sites is 1. The van der Waals surface area contributed by atoms with E-state index in [9.17, 15) is 16.8 Å². The molecule has 0 N–H and O–H groups in total. The number of anilines is 1. The average molecular weight is 323 g/mol. The van der Waals surface area contributed by atoms with E-state index in [0.29, 0.717) is 9.27 Å². The number of sulfonamides is 2. The highest BCUT2D eigenvalue weighted by atomic mass is 32.3. The van der Waals surface area contributed by atoms with E-state index in [1.807, 2.05) is 6.92 Å². The van der Waals surface area contributed by atoms with Crippen LogP contribution in [0.15, 0.2) is 53.4 Å². The fourth-order valence-electron chi connectivity index (χ4n) is 2.30. The van der Waals surface area contributed by atoms with E-state index in [1.165, 1.54) is 18.2 Å². The van der Waals surface area contributed by atoms with E-state index in [4.69, 9.17) is 0 Å². The minimum atomic E-state index is -4.13. The molecule has 0 fully saturated rings. The third-order valence-corrected chi connectivity index (χ3v) is 7.47. The molecular formula is C14H13NO4S2. The zero-order valence-electron chi connectivity index (χ0n) is 11.2. The molecular weight excluding hydrogens is 310 g/mol.